The van der Waals surface area contributed by atoms with Gasteiger partial charge in [-0.05, 0) is 35.7 Å². The summed E-state index contributed by atoms with van der Waals surface area (Å²) in [6.45, 7) is 2.72. The number of benzene rings is 1. The second-order valence-electron chi connectivity index (χ2n) is 7.72. The van der Waals surface area contributed by atoms with Crippen LogP contribution in [-0.4, -0.2) is 84.8 Å². The number of nitrogens with one attached hydrogen (secondary N) is 2. The second-order valence-corrected chi connectivity index (χ2v) is 8.50. The van der Waals surface area contributed by atoms with Gasteiger partial charge in [0.2, 0.25) is 0 Å². The zero-order valence-electron chi connectivity index (χ0n) is 17.0. The normalized spacial score (nSPS) is 26.7. The Hall–Kier alpha value is -2.24. The van der Waals surface area contributed by atoms with Crippen molar-refractivity contribution in [3.05, 3.63) is 46.9 Å². The summed E-state index contributed by atoms with van der Waals surface area (Å²) in [5, 5.41) is 29.6. The van der Waals surface area contributed by atoms with Crippen LogP contribution in [0.1, 0.15) is 0 Å². The van der Waals surface area contributed by atoms with Crippen molar-refractivity contribution < 1.29 is 24.1 Å². The SMILES string of the molecule is O=C(NC[C@H]1O[C@@H](CO)[C@@H](O)[C@H]1N1CCN(c2ccc(F)cc2)CC1)Nc1ccsc1. The lowest BCUT2D eigenvalue weighted by molar-refractivity contribution is -0.0205. The highest BCUT2D eigenvalue weighted by Gasteiger charge is 2.46. The molecule has 168 valence electrons. The molecule has 2 saturated heterocycles. The lowest BCUT2D eigenvalue weighted by Gasteiger charge is -2.41. The first-order chi connectivity index (χ1) is 15.0. The van der Waals surface area contributed by atoms with E-state index in [4.69, 9.17) is 4.74 Å². The molecule has 3 heterocycles. The Morgan fingerprint density at radius 2 is 1.90 bits per heavy atom. The predicted octanol–water partition coefficient (Wildman–Crippen LogP) is 1.32. The van der Waals surface area contributed by atoms with E-state index in [9.17, 15) is 19.4 Å². The third kappa shape index (κ3) is 5.16. The van der Waals surface area contributed by atoms with E-state index in [0.29, 0.717) is 13.1 Å². The van der Waals surface area contributed by atoms with Crippen LogP contribution >= 0.6 is 11.3 Å². The fourth-order valence-corrected chi connectivity index (χ4v) is 4.82. The molecule has 2 aliphatic heterocycles. The average molecular weight is 451 g/mol. The first-order valence-electron chi connectivity index (χ1n) is 10.3. The summed E-state index contributed by atoms with van der Waals surface area (Å²) in [5.41, 5.74) is 1.68. The van der Waals surface area contributed by atoms with Gasteiger partial charge in [-0.3, -0.25) is 4.90 Å². The van der Waals surface area contributed by atoms with Gasteiger partial charge in [-0.25, -0.2) is 9.18 Å². The summed E-state index contributed by atoms with van der Waals surface area (Å²) in [5.74, 6) is -0.262. The number of amides is 2. The number of aliphatic hydroxyl groups is 2. The standard InChI is InChI=1S/C21H27FN4O4S/c22-14-1-3-16(4-2-14)25-6-8-26(9-7-25)19-17(30-18(12-27)20(19)28)11-23-21(29)24-15-5-10-31-13-15/h1-5,10,13,17-20,27-28H,6-9,11-12H2,(H2,23,24,29)/t17-,18+,19+,20-/m1/s1. The molecule has 0 aliphatic carbocycles. The summed E-state index contributed by atoms with van der Waals surface area (Å²) in [4.78, 5) is 16.5. The molecule has 4 atom stereocenters. The van der Waals surface area contributed by atoms with Gasteiger partial charge in [0.15, 0.2) is 0 Å². The van der Waals surface area contributed by atoms with Crippen molar-refractivity contribution in [3.8, 4) is 0 Å². The monoisotopic (exact) mass is 450 g/mol. The third-order valence-corrected chi connectivity index (χ3v) is 6.50. The molecular formula is C21H27FN4O4S. The molecule has 8 nitrogen and oxygen atoms in total. The number of nitrogens with zero attached hydrogens (tertiary/aromatic N) is 2. The van der Waals surface area contributed by atoms with E-state index in [-0.39, 0.29) is 31.0 Å². The van der Waals surface area contributed by atoms with E-state index in [1.165, 1.54) is 23.5 Å². The van der Waals surface area contributed by atoms with Crippen LogP contribution in [0.5, 0.6) is 0 Å². The molecule has 1 aromatic heterocycles. The molecule has 2 fully saturated rings. The van der Waals surface area contributed by atoms with Crippen molar-refractivity contribution in [2.75, 3.05) is 49.5 Å². The van der Waals surface area contributed by atoms with Crippen molar-refractivity contribution in [1.82, 2.24) is 10.2 Å². The fraction of sp³-hybridized carbons (Fsp3) is 0.476. The number of thiophene rings is 1. The Bertz CT molecular complexity index is 846. The van der Waals surface area contributed by atoms with Gasteiger partial charge in [-0.1, -0.05) is 0 Å². The molecule has 2 aromatic rings. The van der Waals surface area contributed by atoms with E-state index in [1.807, 2.05) is 16.8 Å². The van der Waals surface area contributed by atoms with E-state index in [0.717, 1.165) is 24.5 Å². The van der Waals surface area contributed by atoms with Crippen molar-refractivity contribution in [1.29, 1.82) is 0 Å². The Balaban J connectivity index is 1.35. The maximum Gasteiger partial charge on any atom is 0.319 e. The maximum absolute atomic E-state index is 13.2. The fourth-order valence-electron chi connectivity index (χ4n) is 4.23. The van der Waals surface area contributed by atoms with Crippen molar-refractivity contribution in [3.63, 3.8) is 0 Å². The largest absolute Gasteiger partial charge is 0.394 e. The molecule has 10 heteroatoms. The van der Waals surface area contributed by atoms with Crippen LogP contribution in [0, 0.1) is 5.82 Å². The molecule has 2 aliphatic rings. The van der Waals surface area contributed by atoms with Gasteiger partial charge in [-0.15, -0.1) is 0 Å². The van der Waals surface area contributed by atoms with E-state index in [1.54, 1.807) is 12.1 Å². The lowest BCUT2D eigenvalue weighted by Crippen LogP contribution is -2.57. The maximum atomic E-state index is 13.2. The Morgan fingerprint density at radius 3 is 2.55 bits per heavy atom. The molecule has 31 heavy (non-hydrogen) atoms. The first-order valence-corrected chi connectivity index (χ1v) is 11.3. The quantitative estimate of drug-likeness (QED) is 0.530. The Labute approximate surface area is 184 Å². The number of urea groups is 1. The minimum Gasteiger partial charge on any atom is -0.394 e. The topological polar surface area (TPSA) is 97.3 Å². The summed E-state index contributed by atoms with van der Waals surface area (Å²) < 4.78 is 19.1. The summed E-state index contributed by atoms with van der Waals surface area (Å²) in [6.07, 6.45) is -1.99. The summed E-state index contributed by atoms with van der Waals surface area (Å²) >= 11 is 1.49. The zero-order valence-corrected chi connectivity index (χ0v) is 17.8. The van der Waals surface area contributed by atoms with Crippen LogP contribution in [-0.2, 0) is 4.74 Å². The second kappa shape index (κ2) is 9.92. The van der Waals surface area contributed by atoms with Gasteiger partial charge in [0, 0.05) is 43.8 Å². The summed E-state index contributed by atoms with van der Waals surface area (Å²) in [6, 6.07) is 7.55. The molecule has 4 rings (SSSR count). The van der Waals surface area contributed by atoms with E-state index >= 15 is 0 Å². The predicted molar refractivity (Wildman–Crippen MR) is 117 cm³/mol. The Morgan fingerprint density at radius 1 is 1.16 bits per heavy atom. The minimum atomic E-state index is -0.853. The van der Waals surface area contributed by atoms with Crippen LogP contribution in [0.4, 0.5) is 20.6 Å². The number of halogens is 1. The highest BCUT2D eigenvalue weighted by molar-refractivity contribution is 7.08. The van der Waals surface area contributed by atoms with Gasteiger partial charge < -0.3 is 30.5 Å². The smallest absolute Gasteiger partial charge is 0.319 e. The molecule has 0 bridgehead atoms. The zero-order chi connectivity index (χ0) is 21.8. The van der Waals surface area contributed by atoms with Gasteiger partial charge in [0.05, 0.1) is 24.4 Å². The molecule has 0 saturated carbocycles. The van der Waals surface area contributed by atoms with E-state index in [2.05, 4.69) is 20.4 Å². The van der Waals surface area contributed by atoms with E-state index < -0.39 is 18.3 Å². The lowest BCUT2D eigenvalue weighted by atomic mass is 10.0. The number of hydrogen-bond donors (Lipinski definition) is 4. The average Bonchev–Trinajstić information content (AvgIpc) is 3.40. The Kier molecular flexibility index (Phi) is 7.03. The van der Waals surface area contributed by atoms with Crippen LogP contribution in [0.2, 0.25) is 0 Å². The number of carbonyl (C=O) groups excluding carboxylic acids is 1. The van der Waals surface area contributed by atoms with Crippen LogP contribution < -0.4 is 15.5 Å². The highest BCUT2D eigenvalue weighted by Crippen LogP contribution is 2.27. The third-order valence-electron chi connectivity index (χ3n) is 5.81. The van der Waals surface area contributed by atoms with Crippen LogP contribution in [0.15, 0.2) is 41.1 Å². The number of anilines is 2. The summed E-state index contributed by atoms with van der Waals surface area (Å²) in [7, 11) is 0. The molecule has 2 amide bonds. The number of hydrogen-bond acceptors (Lipinski definition) is 7. The first kappa shape index (κ1) is 22.0. The molecule has 0 unspecified atom stereocenters. The molecular weight excluding hydrogens is 423 g/mol. The number of ether oxygens (including phenoxy) is 1. The molecule has 1 aromatic carbocycles. The van der Waals surface area contributed by atoms with Crippen LogP contribution in [0.3, 0.4) is 0 Å². The number of piperazine rings is 1. The minimum absolute atomic E-state index is 0.215. The number of carbonyl (C=O) groups is 1. The highest BCUT2D eigenvalue weighted by atomic mass is 32.1. The van der Waals surface area contributed by atoms with Gasteiger partial charge in [0.25, 0.3) is 0 Å². The van der Waals surface area contributed by atoms with Crippen molar-refractivity contribution >= 4 is 28.7 Å². The van der Waals surface area contributed by atoms with Gasteiger partial charge in [0.1, 0.15) is 18.0 Å². The van der Waals surface area contributed by atoms with Gasteiger partial charge in [-0.2, -0.15) is 11.3 Å². The van der Waals surface area contributed by atoms with Gasteiger partial charge >= 0.3 is 6.03 Å². The van der Waals surface area contributed by atoms with Crippen molar-refractivity contribution in [2.45, 2.75) is 24.4 Å². The molecule has 0 radical (unpaired) electrons. The number of rotatable bonds is 6. The van der Waals surface area contributed by atoms with Crippen molar-refractivity contribution in [2.24, 2.45) is 0 Å². The van der Waals surface area contributed by atoms with Crippen LogP contribution in [0.25, 0.3) is 0 Å². The number of aliphatic hydroxyl groups excluding tert-OH is 2. The molecule has 0 spiro atoms. The molecule has 4 N–H and O–H groups in total.